The van der Waals surface area contributed by atoms with Crippen LogP contribution in [0.3, 0.4) is 0 Å². The van der Waals surface area contributed by atoms with Gasteiger partial charge in [-0.2, -0.15) is 0 Å². The Kier molecular flexibility index (Phi) is 4.70. The number of hydrogen-bond donors (Lipinski definition) is 1. The molecule has 2 atom stereocenters. The van der Waals surface area contributed by atoms with Crippen molar-refractivity contribution in [2.45, 2.75) is 38.8 Å². The van der Waals surface area contributed by atoms with Gasteiger partial charge in [-0.1, -0.05) is 6.92 Å². The molecule has 0 bridgehead atoms. The van der Waals surface area contributed by atoms with E-state index >= 15 is 0 Å². The summed E-state index contributed by atoms with van der Waals surface area (Å²) in [6.45, 7) is 8.42. The molecule has 0 aromatic heterocycles. The van der Waals surface area contributed by atoms with Gasteiger partial charge in [0, 0.05) is 19.1 Å². The summed E-state index contributed by atoms with van der Waals surface area (Å²) in [5, 5.41) is 0. The number of rotatable bonds is 4. The minimum absolute atomic E-state index is 0.373. The van der Waals surface area contributed by atoms with Crippen molar-refractivity contribution < 1.29 is 4.74 Å². The van der Waals surface area contributed by atoms with Crippen molar-refractivity contribution in [2.24, 2.45) is 5.73 Å². The van der Waals surface area contributed by atoms with Crippen LogP contribution in [0.15, 0.2) is 0 Å². The third-order valence-electron chi connectivity index (χ3n) is 2.67. The Labute approximate surface area is 81.2 Å². The largest absolute Gasteiger partial charge is 0.376 e. The van der Waals surface area contributed by atoms with E-state index in [-0.39, 0.29) is 0 Å². The Morgan fingerprint density at radius 3 is 3.00 bits per heavy atom. The first-order valence-electron chi connectivity index (χ1n) is 5.32. The molecule has 0 aromatic rings. The van der Waals surface area contributed by atoms with E-state index in [9.17, 15) is 0 Å². The van der Waals surface area contributed by atoms with E-state index in [2.05, 4.69) is 18.7 Å². The number of ether oxygens (including phenoxy) is 1. The van der Waals surface area contributed by atoms with Crippen LogP contribution in [0, 0.1) is 0 Å². The smallest absolute Gasteiger partial charge is 0.0674 e. The third kappa shape index (κ3) is 4.07. The van der Waals surface area contributed by atoms with Crippen LogP contribution < -0.4 is 5.73 Å². The average molecular weight is 186 g/mol. The highest BCUT2D eigenvalue weighted by Crippen LogP contribution is 2.05. The lowest BCUT2D eigenvalue weighted by atomic mass is 10.1. The standard InChI is InChI=1S/C10H22N2O/c1-3-10(11)4-5-12-6-7-13-9(2)8-12/h9-10H,3-8,11H2,1-2H3. The Hall–Kier alpha value is -0.120. The fourth-order valence-electron chi connectivity index (χ4n) is 1.65. The Morgan fingerprint density at radius 1 is 1.62 bits per heavy atom. The van der Waals surface area contributed by atoms with Gasteiger partial charge in [-0.05, 0) is 26.3 Å². The molecule has 13 heavy (non-hydrogen) atoms. The molecule has 0 aliphatic carbocycles. The van der Waals surface area contributed by atoms with Crippen molar-refractivity contribution in [3.8, 4) is 0 Å². The van der Waals surface area contributed by atoms with E-state index in [1.54, 1.807) is 0 Å². The maximum atomic E-state index is 5.87. The molecule has 0 saturated carbocycles. The van der Waals surface area contributed by atoms with Gasteiger partial charge in [-0.25, -0.2) is 0 Å². The predicted molar refractivity (Wildman–Crippen MR) is 54.7 cm³/mol. The molecule has 0 spiro atoms. The summed E-state index contributed by atoms with van der Waals surface area (Å²) >= 11 is 0. The van der Waals surface area contributed by atoms with E-state index in [4.69, 9.17) is 10.5 Å². The van der Waals surface area contributed by atoms with Crippen LogP contribution in [0.5, 0.6) is 0 Å². The van der Waals surface area contributed by atoms with Crippen LogP contribution in [0.2, 0.25) is 0 Å². The SMILES string of the molecule is CCC(N)CCN1CCOC(C)C1. The van der Waals surface area contributed by atoms with Crippen molar-refractivity contribution in [3.05, 3.63) is 0 Å². The Bertz CT molecular complexity index is 141. The highest BCUT2D eigenvalue weighted by molar-refractivity contribution is 4.70. The fourth-order valence-corrected chi connectivity index (χ4v) is 1.65. The summed E-state index contributed by atoms with van der Waals surface area (Å²) in [7, 11) is 0. The summed E-state index contributed by atoms with van der Waals surface area (Å²) < 4.78 is 5.47. The zero-order chi connectivity index (χ0) is 9.68. The molecule has 2 unspecified atom stereocenters. The Morgan fingerprint density at radius 2 is 2.38 bits per heavy atom. The molecule has 1 saturated heterocycles. The van der Waals surface area contributed by atoms with Gasteiger partial charge >= 0.3 is 0 Å². The summed E-state index contributed by atoms with van der Waals surface area (Å²) in [6, 6.07) is 0.373. The zero-order valence-electron chi connectivity index (χ0n) is 8.83. The van der Waals surface area contributed by atoms with Crippen LogP contribution in [0.25, 0.3) is 0 Å². The first-order valence-corrected chi connectivity index (χ1v) is 5.32. The molecule has 1 aliphatic rings. The molecule has 3 nitrogen and oxygen atoms in total. The molecule has 0 aromatic carbocycles. The second kappa shape index (κ2) is 5.58. The number of nitrogens with two attached hydrogens (primary N) is 1. The van der Waals surface area contributed by atoms with E-state index in [0.717, 1.165) is 39.1 Å². The van der Waals surface area contributed by atoms with E-state index in [1.807, 2.05) is 0 Å². The topological polar surface area (TPSA) is 38.5 Å². The van der Waals surface area contributed by atoms with Gasteiger partial charge < -0.3 is 10.5 Å². The van der Waals surface area contributed by atoms with Gasteiger partial charge in [0.05, 0.1) is 12.7 Å². The summed E-state index contributed by atoms with van der Waals surface area (Å²) in [6.07, 6.45) is 2.59. The van der Waals surface area contributed by atoms with E-state index in [0.29, 0.717) is 12.1 Å². The van der Waals surface area contributed by atoms with Crippen molar-refractivity contribution in [1.82, 2.24) is 4.90 Å². The molecular weight excluding hydrogens is 164 g/mol. The second-order valence-electron chi connectivity index (χ2n) is 3.94. The van der Waals surface area contributed by atoms with Crippen LogP contribution in [-0.4, -0.2) is 43.3 Å². The molecule has 0 radical (unpaired) electrons. The number of morpholine rings is 1. The summed E-state index contributed by atoms with van der Waals surface area (Å²) in [4.78, 5) is 2.45. The van der Waals surface area contributed by atoms with Gasteiger partial charge in [0.2, 0.25) is 0 Å². The third-order valence-corrected chi connectivity index (χ3v) is 2.67. The van der Waals surface area contributed by atoms with Crippen LogP contribution in [0.4, 0.5) is 0 Å². The molecule has 0 amide bonds. The summed E-state index contributed by atoms with van der Waals surface area (Å²) in [5.74, 6) is 0. The van der Waals surface area contributed by atoms with Crippen LogP contribution in [0.1, 0.15) is 26.7 Å². The lowest BCUT2D eigenvalue weighted by Crippen LogP contribution is -2.42. The van der Waals surface area contributed by atoms with Crippen molar-refractivity contribution in [3.63, 3.8) is 0 Å². The summed E-state index contributed by atoms with van der Waals surface area (Å²) in [5.41, 5.74) is 5.87. The number of nitrogens with zero attached hydrogens (tertiary/aromatic N) is 1. The predicted octanol–water partition coefficient (Wildman–Crippen LogP) is 0.834. The average Bonchev–Trinajstić information content (AvgIpc) is 2.14. The molecule has 78 valence electrons. The van der Waals surface area contributed by atoms with Crippen molar-refractivity contribution >= 4 is 0 Å². The van der Waals surface area contributed by atoms with Gasteiger partial charge in [0.25, 0.3) is 0 Å². The van der Waals surface area contributed by atoms with Gasteiger partial charge in [0.15, 0.2) is 0 Å². The first-order chi connectivity index (χ1) is 6.22. The van der Waals surface area contributed by atoms with Gasteiger partial charge in [0.1, 0.15) is 0 Å². The monoisotopic (exact) mass is 186 g/mol. The molecule has 1 fully saturated rings. The normalized spacial score (nSPS) is 27.5. The minimum Gasteiger partial charge on any atom is -0.376 e. The quantitative estimate of drug-likeness (QED) is 0.707. The Balaban J connectivity index is 2.13. The molecule has 3 heteroatoms. The lowest BCUT2D eigenvalue weighted by Gasteiger charge is -2.31. The van der Waals surface area contributed by atoms with E-state index < -0.39 is 0 Å². The molecule has 1 aliphatic heterocycles. The lowest BCUT2D eigenvalue weighted by molar-refractivity contribution is -0.0189. The van der Waals surface area contributed by atoms with Crippen LogP contribution >= 0.6 is 0 Å². The first kappa shape index (κ1) is 11.0. The fraction of sp³-hybridized carbons (Fsp3) is 1.00. The van der Waals surface area contributed by atoms with Gasteiger partial charge in [-0.15, -0.1) is 0 Å². The highest BCUT2D eigenvalue weighted by Gasteiger charge is 2.16. The minimum atomic E-state index is 0.373. The van der Waals surface area contributed by atoms with Crippen molar-refractivity contribution in [1.29, 1.82) is 0 Å². The van der Waals surface area contributed by atoms with Gasteiger partial charge in [-0.3, -0.25) is 4.90 Å². The maximum Gasteiger partial charge on any atom is 0.0674 e. The van der Waals surface area contributed by atoms with E-state index in [1.165, 1.54) is 0 Å². The maximum absolute atomic E-state index is 5.87. The van der Waals surface area contributed by atoms with Crippen LogP contribution in [-0.2, 0) is 4.74 Å². The zero-order valence-corrected chi connectivity index (χ0v) is 8.83. The molecule has 2 N–H and O–H groups in total. The number of hydrogen-bond acceptors (Lipinski definition) is 3. The molecular formula is C10H22N2O. The highest BCUT2D eigenvalue weighted by atomic mass is 16.5. The van der Waals surface area contributed by atoms with Crippen molar-refractivity contribution in [2.75, 3.05) is 26.2 Å². The second-order valence-corrected chi connectivity index (χ2v) is 3.94. The molecule has 1 heterocycles. The molecule has 1 rings (SSSR count).